The van der Waals surface area contributed by atoms with Gasteiger partial charge in [-0.05, 0) is 39.8 Å². The number of rotatable bonds is 2. The molecule has 0 N–H and O–H groups in total. The monoisotopic (exact) mass is 284 g/mol. The number of benzene rings is 3. The van der Waals surface area contributed by atoms with Gasteiger partial charge in [-0.1, -0.05) is 86.6 Å². The highest BCUT2D eigenvalue weighted by atomic mass is 14.4. The van der Waals surface area contributed by atoms with Crippen LogP contribution in [-0.2, 0) is 11.8 Å². The van der Waals surface area contributed by atoms with E-state index >= 15 is 0 Å². The number of hydrogen-bond acceptors (Lipinski definition) is 0. The van der Waals surface area contributed by atoms with Gasteiger partial charge >= 0.3 is 0 Å². The van der Waals surface area contributed by atoms with E-state index in [1.54, 1.807) is 0 Å². The zero-order chi connectivity index (χ0) is 15.2. The van der Waals surface area contributed by atoms with E-state index in [1.807, 2.05) is 0 Å². The van der Waals surface area contributed by atoms with Crippen LogP contribution in [0.2, 0.25) is 0 Å². The van der Waals surface area contributed by atoms with Crippen LogP contribution in [0.4, 0.5) is 0 Å². The van der Waals surface area contributed by atoms with Gasteiger partial charge in [-0.15, -0.1) is 0 Å². The smallest absolute Gasteiger partial charge is 0.0158 e. The molecule has 0 fully saturated rings. The van der Waals surface area contributed by atoms with Crippen LogP contribution in [0.15, 0.2) is 72.8 Å². The summed E-state index contributed by atoms with van der Waals surface area (Å²) in [7, 11) is 0. The second-order valence-electron chi connectivity index (χ2n) is 6.71. The van der Waals surface area contributed by atoms with Gasteiger partial charge in [-0.25, -0.2) is 0 Å². The number of hydrogen-bond donors (Lipinski definition) is 0. The molecule has 3 aromatic carbocycles. The molecule has 0 heterocycles. The molecule has 0 spiro atoms. The van der Waals surface area contributed by atoms with E-state index in [0.717, 1.165) is 6.42 Å². The predicted octanol–water partition coefficient (Wildman–Crippen LogP) is 5.58. The SMILES string of the molecule is CC1(C)c2ccccc2-c2ccc(Cc3ccccc3)cc21. The molecule has 1 aliphatic carbocycles. The predicted molar refractivity (Wildman–Crippen MR) is 93.3 cm³/mol. The first-order chi connectivity index (χ1) is 10.7. The van der Waals surface area contributed by atoms with E-state index in [2.05, 4.69) is 86.6 Å². The molecule has 0 aliphatic heterocycles. The van der Waals surface area contributed by atoms with Crippen LogP contribution in [0, 0.1) is 0 Å². The summed E-state index contributed by atoms with van der Waals surface area (Å²) in [5, 5.41) is 0. The molecule has 0 amide bonds. The maximum absolute atomic E-state index is 2.41. The normalized spacial score (nSPS) is 14.5. The molecule has 0 bridgehead atoms. The fourth-order valence-electron chi connectivity index (χ4n) is 3.69. The highest BCUT2D eigenvalue weighted by molar-refractivity contribution is 5.80. The quantitative estimate of drug-likeness (QED) is 0.576. The maximum Gasteiger partial charge on any atom is 0.0158 e. The second-order valence-corrected chi connectivity index (χ2v) is 6.71. The lowest BCUT2D eigenvalue weighted by Gasteiger charge is -2.22. The average molecular weight is 284 g/mol. The Morgan fingerprint density at radius 2 is 1.32 bits per heavy atom. The standard InChI is InChI=1S/C22H20/c1-22(2)20-11-7-6-10-18(20)19-13-12-17(15-21(19)22)14-16-8-4-3-5-9-16/h3-13,15H,14H2,1-2H3. The molecule has 0 aromatic heterocycles. The van der Waals surface area contributed by atoms with Crippen LogP contribution in [0.5, 0.6) is 0 Å². The molecular formula is C22H20. The highest BCUT2D eigenvalue weighted by Crippen LogP contribution is 2.48. The molecule has 4 rings (SSSR count). The Bertz CT molecular complexity index is 826. The molecule has 0 heteroatoms. The summed E-state index contributed by atoms with van der Waals surface area (Å²) in [5.41, 5.74) is 8.57. The van der Waals surface area contributed by atoms with Crippen molar-refractivity contribution in [3.05, 3.63) is 95.1 Å². The Hall–Kier alpha value is -2.34. The van der Waals surface area contributed by atoms with E-state index in [-0.39, 0.29) is 5.41 Å². The molecular weight excluding hydrogens is 264 g/mol. The van der Waals surface area contributed by atoms with E-state index in [4.69, 9.17) is 0 Å². The number of fused-ring (bicyclic) bond motifs is 3. The van der Waals surface area contributed by atoms with Gasteiger partial charge in [0.25, 0.3) is 0 Å². The summed E-state index contributed by atoms with van der Waals surface area (Å²) in [6, 6.07) is 26.5. The zero-order valence-corrected chi connectivity index (χ0v) is 13.1. The molecule has 22 heavy (non-hydrogen) atoms. The van der Waals surface area contributed by atoms with Crippen LogP contribution >= 0.6 is 0 Å². The average Bonchev–Trinajstić information content (AvgIpc) is 2.77. The van der Waals surface area contributed by atoms with Gasteiger partial charge in [-0.3, -0.25) is 0 Å². The molecule has 0 unspecified atom stereocenters. The third-order valence-electron chi connectivity index (χ3n) is 4.90. The van der Waals surface area contributed by atoms with Gasteiger partial charge < -0.3 is 0 Å². The Labute approximate surface area is 132 Å². The van der Waals surface area contributed by atoms with Crippen molar-refractivity contribution in [3.8, 4) is 11.1 Å². The van der Waals surface area contributed by atoms with Crippen molar-refractivity contribution in [2.75, 3.05) is 0 Å². The summed E-state index contributed by atoms with van der Waals surface area (Å²) < 4.78 is 0. The minimum absolute atomic E-state index is 0.0959. The van der Waals surface area contributed by atoms with Crippen molar-refractivity contribution in [1.29, 1.82) is 0 Å². The van der Waals surface area contributed by atoms with Crippen molar-refractivity contribution in [1.82, 2.24) is 0 Å². The van der Waals surface area contributed by atoms with Crippen molar-refractivity contribution in [2.24, 2.45) is 0 Å². The summed E-state index contributed by atoms with van der Waals surface area (Å²) in [5.74, 6) is 0. The Kier molecular flexibility index (Phi) is 2.94. The Balaban J connectivity index is 1.79. The van der Waals surface area contributed by atoms with Gasteiger partial charge in [0.15, 0.2) is 0 Å². The summed E-state index contributed by atoms with van der Waals surface area (Å²) in [6.45, 7) is 4.67. The van der Waals surface area contributed by atoms with Gasteiger partial charge in [0.05, 0.1) is 0 Å². The maximum atomic E-state index is 2.41. The lowest BCUT2D eigenvalue weighted by atomic mass is 9.81. The molecule has 1 aliphatic rings. The molecule has 0 nitrogen and oxygen atoms in total. The Morgan fingerprint density at radius 3 is 2.14 bits per heavy atom. The lowest BCUT2D eigenvalue weighted by molar-refractivity contribution is 0.659. The largest absolute Gasteiger partial charge is 0.0622 e. The van der Waals surface area contributed by atoms with E-state index in [1.165, 1.54) is 33.4 Å². The van der Waals surface area contributed by atoms with Crippen molar-refractivity contribution in [2.45, 2.75) is 25.7 Å². The molecule has 0 atom stereocenters. The van der Waals surface area contributed by atoms with E-state index in [0.29, 0.717) is 0 Å². The van der Waals surface area contributed by atoms with Gasteiger partial charge in [0, 0.05) is 5.41 Å². The van der Waals surface area contributed by atoms with Crippen LogP contribution in [0.3, 0.4) is 0 Å². The third kappa shape index (κ3) is 1.99. The van der Waals surface area contributed by atoms with Crippen LogP contribution in [0.25, 0.3) is 11.1 Å². The lowest BCUT2D eigenvalue weighted by Crippen LogP contribution is -2.15. The first-order valence-electron chi connectivity index (χ1n) is 7.93. The molecule has 108 valence electrons. The first-order valence-corrected chi connectivity index (χ1v) is 7.93. The van der Waals surface area contributed by atoms with Crippen LogP contribution < -0.4 is 0 Å². The van der Waals surface area contributed by atoms with Gasteiger partial charge in [-0.2, -0.15) is 0 Å². The highest BCUT2D eigenvalue weighted by Gasteiger charge is 2.34. The second kappa shape index (κ2) is 4.84. The Morgan fingerprint density at radius 1 is 0.636 bits per heavy atom. The zero-order valence-electron chi connectivity index (χ0n) is 13.1. The van der Waals surface area contributed by atoms with E-state index < -0.39 is 0 Å². The summed E-state index contributed by atoms with van der Waals surface area (Å²) in [6.07, 6.45) is 1.00. The molecule has 0 radical (unpaired) electrons. The fraction of sp³-hybridized carbons (Fsp3) is 0.182. The topological polar surface area (TPSA) is 0 Å². The van der Waals surface area contributed by atoms with Crippen LogP contribution in [0.1, 0.15) is 36.1 Å². The minimum Gasteiger partial charge on any atom is -0.0622 e. The minimum atomic E-state index is 0.0959. The van der Waals surface area contributed by atoms with Crippen molar-refractivity contribution < 1.29 is 0 Å². The molecule has 0 saturated heterocycles. The van der Waals surface area contributed by atoms with Crippen molar-refractivity contribution in [3.63, 3.8) is 0 Å². The van der Waals surface area contributed by atoms with Gasteiger partial charge in [0.1, 0.15) is 0 Å². The summed E-state index contributed by atoms with van der Waals surface area (Å²) in [4.78, 5) is 0. The van der Waals surface area contributed by atoms with E-state index in [9.17, 15) is 0 Å². The fourth-order valence-corrected chi connectivity index (χ4v) is 3.69. The first kappa shape index (κ1) is 13.3. The van der Waals surface area contributed by atoms with Gasteiger partial charge in [0.2, 0.25) is 0 Å². The summed E-state index contributed by atoms with van der Waals surface area (Å²) >= 11 is 0. The van der Waals surface area contributed by atoms with Crippen molar-refractivity contribution >= 4 is 0 Å². The molecule has 3 aromatic rings. The third-order valence-corrected chi connectivity index (χ3v) is 4.90. The van der Waals surface area contributed by atoms with Crippen LogP contribution in [-0.4, -0.2) is 0 Å². The molecule has 0 saturated carbocycles.